The summed E-state index contributed by atoms with van der Waals surface area (Å²) in [6, 6.07) is 18.7. The van der Waals surface area contributed by atoms with Gasteiger partial charge in [-0.25, -0.2) is 0 Å². The lowest BCUT2D eigenvalue weighted by Gasteiger charge is -2.32. The first-order valence-electron chi connectivity index (χ1n) is 10.6. The number of fused-ring (bicyclic) bond motifs is 1. The molecule has 3 aromatic rings. The van der Waals surface area contributed by atoms with E-state index in [1.165, 1.54) is 18.4 Å². The molecule has 0 spiro atoms. The minimum absolute atomic E-state index is 0.245. The minimum Gasteiger partial charge on any atom is -0.497 e. The number of aryl methyl sites for hydroxylation is 1. The molecule has 0 bridgehead atoms. The zero-order valence-electron chi connectivity index (χ0n) is 17.4. The predicted molar refractivity (Wildman–Crippen MR) is 117 cm³/mol. The van der Waals surface area contributed by atoms with Crippen molar-refractivity contribution in [3.63, 3.8) is 0 Å². The van der Waals surface area contributed by atoms with Crippen LogP contribution in [0.25, 0.3) is 10.9 Å². The van der Waals surface area contributed by atoms with Crippen molar-refractivity contribution in [2.24, 2.45) is 13.0 Å². The van der Waals surface area contributed by atoms with E-state index in [0.29, 0.717) is 12.3 Å². The maximum Gasteiger partial charge on any atom is 0.179 e. The van der Waals surface area contributed by atoms with Crippen LogP contribution in [0.3, 0.4) is 0 Å². The Morgan fingerprint density at radius 3 is 2.55 bits per heavy atom. The molecule has 4 rings (SSSR count). The average molecular weight is 391 g/mol. The number of nitrogens with zero attached hydrogens (tertiary/aromatic N) is 2. The number of hydrogen-bond donors (Lipinski definition) is 0. The van der Waals surface area contributed by atoms with Crippen LogP contribution in [0.2, 0.25) is 0 Å². The van der Waals surface area contributed by atoms with E-state index in [0.717, 1.165) is 48.4 Å². The van der Waals surface area contributed by atoms with Crippen LogP contribution >= 0.6 is 0 Å². The fourth-order valence-electron chi connectivity index (χ4n) is 4.44. The third-order valence-corrected chi connectivity index (χ3v) is 6.27. The Morgan fingerprint density at radius 1 is 1.07 bits per heavy atom. The summed E-state index contributed by atoms with van der Waals surface area (Å²) in [4.78, 5) is 15.4. The highest BCUT2D eigenvalue weighted by Crippen LogP contribution is 2.27. The molecule has 0 aliphatic carbocycles. The molecule has 4 nitrogen and oxygen atoms in total. The van der Waals surface area contributed by atoms with Gasteiger partial charge >= 0.3 is 0 Å². The molecule has 0 N–H and O–H groups in total. The molecule has 1 aliphatic rings. The highest BCUT2D eigenvalue weighted by Gasteiger charge is 2.21. The number of hydrogen-bond acceptors (Lipinski definition) is 3. The van der Waals surface area contributed by atoms with Gasteiger partial charge in [0.2, 0.25) is 0 Å². The van der Waals surface area contributed by atoms with Crippen molar-refractivity contribution in [3.05, 3.63) is 65.9 Å². The smallest absolute Gasteiger partial charge is 0.179 e. The van der Waals surface area contributed by atoms with Crippen LogP contribution < -0.4 is 4.74 Å². The number of ether oxygens (including phenoxy) is 1. The Balaban J connectivity index is 1.30. The number of methoxy groups -OCH3 is 1. The molecule has 0 unspecified atom stereocenters. The second-order valence-electron chi connectivity index (χ2n) is 8.18. The summed E-state index contributed by atoms with van der Waals surface area (Å²) in [6.45, 7) is 3.29. The number of piperidine rings is 1. The Labute approximate surface area is 173 Å². The van der Waals surface area contributed by atoms with Crippen molar-refractivity contribution in [1.82, 2.24) is 9.47 Å². The van der Waals surface area contributed by atoms with E-state index >= 15 is 0 Å². The Bertz CT molecular complexity index is 969. The normalized spacial score (nSPS) is 15.7. The third-order valence-electron chi connectivity index (χ3n) is 6.27. The van der Waals surface area contributed by atoms with Crippen molar-refractivity contribution in [3.8, 4) is 5.75 Å². The molecular weight excluding hydrogens is 360 g/mol. The molecule has 1 aliphatic heterocycles. The summed E-state index contributed by atoms with van der Waals surface area (Å²) in [5, 5.41) is 1.09. The molecule has 2 heterocycles. The first-order valence-corrected chi connectivity index (χ1v) is 10.6. The fourth-order valence-corrected chi connectivity index (χ4v) is 4.44. The summed E-state index contributed by atoms with van der Waals surface area (Å²) in [5.41, 5.74) is 3.23. The maximum atomic E-state index is 12.9. The lowest BCUT2D eigenvalue weighted by molar-refractivity contribution is 0.0954. The van der Waals surface area contributed by atoms with Crippen LogP contribution in [0.5, 0.6) is 5.75 Å². The standard InChI is InChI=1S/C25H30N2O2/c1-26-23-17-22(29-2)10-9-21(23)16-24(26)25(28)11-8-19-12-14-27(15-13-19)18-20-6-4-3-5-7-20/h3-7,9-10,16-17,19H,8,11-15,18H2,1-2H3. The lowest BCUT2D eigenvalue weighted by atomic mass is 9.91. The molecule has 4 heteroatoms. The van der Waals surface area contributed by atoms with Crippen LogP contribution in [-0.4, -0.2) is 35.4 Å². The van der Waals surface area contributed by atoms with Crippen LogP contribution in [-0.2, 0) is 13.6 Å². The van der Waals surface area contributed by atoms with E-state index in [4.69, 9.17) is 4.74 Å². The number of Topliss-reactive ketones (excluding diaryl/α,β-unsaturated/α-hetero) is 1. The third kappa shape index (κ3) is 4.54. The summed E-state index contributed by atoms with van der Waals surface area (Å²) < 4.78 is 7.32. The molecule has 2 aromatic carbocycles. The fraction of sp³-hybridized carbons (Fsp3) is 0.400. The maximum absolute atomic E-state index is 12.9. The Kier molecular flexibility index (Phi) is 6.00. The van der Waals surface area contributed by atoms with Gasteiger partial charge in [0, 0.05) is 31.5 Å². The van der Waals surface area contributed by atoms with Crippen molar-refractivity contribution in [2.75, 3.05) is 20.2 Å². The SMILES string of the molecule is COc1ccc2cc(C(=O)CCC3CCN(Cc4ccccc4)CC3)n(C)c2c1. The van der Waals surface area contributed by atoms with E-state index in [9.17, 15) is 4.79 Å². The Morgan fingerprint density at radius 2 is 1.83 bits per heavy atom. The number of likely N-dealkylation sites (tertiary alicyclic amines) is 1. The zero-order valence-corrected chi connectivity index (χ0v) is 17.4. The summed E-state index contributed by atoms with van der Waals surface area (Å²) in [7, 11) is 3.64. The number of rotatable bonds is 7. The van der Waals surface area contributed by atoms with Gasteiger partial charge in [-0.3, -0.25) is 9.69 Å². The van der Waals surface area contributed by atoms with Gasteiger partial charge in [0.1, 0.15) is 5.75 Å². The van der Waals surface area contributed by atoms with Gasteiger partial charge in [0.25, 0.3) is 0 Å². The molecule has 152 valence electrons. The van der Waals surface area contributed by atoms with Gasteiger partial charge in [0.15, 0.2) is 5.78 Å². The number of aromatic nitrogens is 1. The largest absolute Gasteiger partial charge is 0.497 e. The first kappa shape index (κ1) is 19.7. The van der Waals surface area contributed by atoms with E-state index in [-0.39, 0.29) is 5.78 Å². The first-order chi connectivity index (χ1) is 14.1. The predicted octanol–water partition coefficient (Wildman–Crippen LogP) is 5.06. The van der Waals surface area contributed by atoms with Crippen molar-refractivity contribution >= 4 is 16.7 Å². The van der Waals surface area contributed by atoms with E-state index in [1.54, 1.807) is 7.11 Å². The molecule has 29 heavy (non-hydrogen) atoms. The van der Waals surface area contributed by atoms with Crippen molar-refractivity contribution < 1.29 is 9.53 Å². The molecule has 1 fully saturated rings. The van der Waals surface area contributed by atoms with E-state index in [1.807, 2.05) is 35.9 Å². The monoisotopic (exact) mass is 390 g/mol. The van der Waals surface area contributed by atoms with Crippen LogP contribution in [0.4, 0.5) is 0 Å². The molecule has 1 aromatic heterocycles. The highest BCUT2D eigenvalue weighted by molar-refractivity contribution is 6.00. The van der Waals surface area contributed by atoms with E-state index < -0.39 is 0 Å². The molecule has 0 radical (unpaired) electrons. The quantitative estimate of drug-likeness (QED) is 0.529. The molecular formula is C25H30N2O2. The van der Waals surface area contributed by atoms with Gasteiger partial charge < -0.3 is 9.30 Å². The van der Waals surface area contributed by atoms with Crippen LogP contribution in [0, 0.1) is 5.92 Å². The van der Waals surface area contributed by atoms with Gasteiger partial charge in [-0.2, -0.15) is 0 Å². The summed E-state index contributed by atoms with van der Waals surface area (Å²) >= 11 is 0. The van der Waals surface area contributed by atoms with E-state index in [2.05, 4.69) is 35.2 Å². The van der Waals surface area contributed by atoms with Gasteiger partial charge in [-0.05, 0) is 62.0 Å². The molecule has 0 atom stereocenters. The second kappa shape index (κ2) is 8.83. The minimum atomic E-state index is 0.245. The highest BCUT2D eigenvalue weighted by atomic mass is 16.5. The van der Waals surface area contributed by atoms with Gasteiger partial charge in [0.05, 0.1) is 18.3 Å². The second-order valence-corrected chi connectivity index (χ2v) is 8.18. The van der Waals surface area contributed by atoms with Crippen LogP contribution in [0.15, 0.2) is 54.6 Å². The number of benzene rings is 2. The molecule has 1 saturated heterocycles. The topological polar surface area (TPSA) is 34.5 Å². The van der Waals surface area contributed by atoms with Crippen molar-refractivity contribution in [2.45, 2.75) is 32.2 Å². The Hall–Kier alpha value is -2.59. The lowest BCUT2D eigenvalue weighted by Crippen LogP contribution is -2.33. The molecule has 0 saturated carbocycles. The number of ketones is 1. The summed E-state index contributed by atoms with van der Waals surface area (Å²) in [5.74, 6) is 1.72. The molecule has 0 amide bonds. The summed E-state index contributed by atoms with van der Waals surface area (Å²) in [6.07, 6.45) is 3.99. The average Bonchev–Trinajstić information content (AvgIpc) is 3.09. The van der Waals surface area contributed by atoms with Crippen LogP contribution in [0.1, 0.15) is 41.7 Å². The number of carbonyl (C=O) groups is 1. The van der Waals surface area contributed by atoms with Crippen molar-refractivity contribution in [1.29, 1.82) is 0 Å². The number of carbonyl (C=O) groups excluding carboxylic acids is 1. The zero-order chi connectivity index (χ0) is 20.2. The van der Waals surface area contributed by atoms with Gasteiger partial charge in [-0.1, -0.05) is 30.3 Å². The van der Waals surface area contributed by atoms with Gasteiger partial charge in [-0.15, -0.1) is 0 Å².